The molecule has 8 nitrogen and oxygen atoms in total. The molecule has 1 aliphatic rings. The lowest BCUT2D eigenvalue weighted by Crippen LogP contribution is -2.32. The molecule has 30 heavy (non-hydrogen) atoms. The molecule has 0 spiro atoms. The zero-order chi connectivity index (χ0) is 22.1. The second kappa shape index (κ2) is 8.69. The van der Waals surface area contributed by atoms with E-state index in [-0.39, 0.29) is 29.3 Å². The van der Waals surface area contributed by atoms with Crippen molar-refractivity contribution >= 4 is 21.7 Å². The van der Waals surface area contributed by atoms with Gasteiger partial charge in [-0.05, 0) is 26.0 Å². The van der Waals surface area contributed by atoms with Crippen LogP contribution in [-0.2, 0) is 21.4 Å². The fourth-order valence-electron chi connectivity index (χ4n) is 3.50. The Morgan fingerprint density at radius 1 is 1.13 bits per heavy atom. The molecule has 0 N–H and O–H groups in total. The van der Waals surface area contributed by atoms with Crippen LogP contribution in [0.25, 0.3) is 0 Å². The minimum absolute atomic E-state index is 0.0311. The van der Waals surface area contributed by atoms with Gasteiger partial charge < -0.3 is 9.80 Å². The van der Waals surface area contributed by atoms with E-state index in [1.165, 1.54) is 11.4 Å². The first-order chi connectivity index (χ1) is 14.1. The lowest BCUT2D eigenvalue weighted by molar-refractivity contribution is -0.129. The molecule has 1 saturated heterocycles. The highest BCUT2D eigenvalue weighted by atomic mass is 32.2. The van der Waals surface area contributed by atoms with Crippen LogP contribution in [0.1, 0.15) is 37.7 Å². The number of carbonyl (C=O) groups is 1. The van der Waals surface area contributed by atoms with Crippen molar-refractivity contribution in [2.75, 3.05) is 32.6 Å². The predicted molar refractivity (Wildman–Crippen MR) is 116 cm³/mol. The number of anilines is 1. The van der Waals surface area contributed by atoms with Crippen LogP contribution in [0, 0.1) is 0 Å². The molecule has 0 bridgehead atoms. The molecule has 2 aromatic rings. The smallest absolute Gasteiger partial charge is 0.243 e. The van der Waals surface area contributed by atoms with Gasteiger partial charge in [0, 0.05) is 52.1 Å². The first kappa shape index (κ1) is 22.2. The first-order valence-corrected chi connectivity index (χ1v) is 11.4. The number of aromatic nitrogens is 2. The third-order valence-electron chi connectivity index (χ3n) is 5.25. The van der Waals surface area contributed by atoms with Crippen LogP contribution >= 0.6 is 0 Å². The molecule has 1 aromatic carbocycles. The third kappa shape index (κ3) is 4.62. The van der Waals surface area contributed by atoms with Crippen molar-refractivity contribution in [1.29, 1.82) is 0 Å². The Kier molecular flexibility index (Phi) is 6.42. The highest BCUT2D eigenvalue weighted by Crippen LogP contribution is 2.30. The van der Waals surface area contributed by atoms with E-state index in [0.29, 0.717) is 24.6 Å². The summed E-state index contributed by atoms with van der Waals surface area (Å²) in [5.41, 5.74) is 0.769. The van der Waals surface area contributed by atoms with Gasteiger partial charge in [-0.15, -0.1) is 0 Å². The number of rotatable bonds is 7. The maximum absolute atomic E-state index is 12.9. The molecule has 0 aliphatic carbocycles. The van der Waals surface area contributed by atoms with Gasteiger partial charge in [-0.2, -0.15) is 4.31 Å². The largest absolute Gasteiger partial charge is 0.363 e. The Labute approximate surface area is 178 Å². The fraction of sp³-hybridized carbons (Fsp3) is 0.476. The van der Waals surface area contributed by atoms with E-state index in [1.807, 2.05) is 43.8 Å². The average molecular weight is 432 g/mol. The summed E-state index contributed by atoms with van der Waals surface area (Å²) in [5.74, 6) is 1.19. The topological polar surface area (TPSA) is 86.7 Å². The van der Waals surface area contributed by atoms with E-state index in [0.717, 1.165) is 5.69 Å². The zero-order valence-electron chi connectivity index (χ0n) is 18.1. The number of carbonyl (C=O) groups excluding carboxylic acids is 1. The van der Waals surface area contributed by atoms with Crippen LogP contribution in [0.4, 0.5) is 5.82 Å². The van der Waals surface area contributed by atoms with Crippen molar-refractivity contribution in [3.05, 3.63) is 47.9 Å². The summed E-state index contributed by atoms with van der Waals surface area (Å²) in [6.07, 6.45) is 0.402. The summed E-state index contributed by atoms with van der Waals surface area (Å²) < 4.78 is 27.0. The van der Waals surface area contributed by atoms with Gasteiger partial charge >= 0.3 is 0 Å². The Morgan fingerprint density at radius 3 is 2.37 bits per heavy atom. The van der Waals surface area contributed by atoms with Crippen LogP contribution in [0.3, 0.4) is 0 Å². The fourth-order valence-corrected chi connectivity index (χ4v) is 4.64. The van der Waals surface area contributed by atoms with Gasteiger partial charge in [-0.25, -0.2) is 18.4 Å². The van der Waals surface area contributed by atoms with Crippen molar-refractivity contribution in [2.24, 2.45) is 0 Å². The molecule has 1 aliphatic heterocycles. The number of hydrogen-bond acceptors (Lipinski definition) is 6. The van der Waals surface area contributed by atoms with Crippen molar-refractivity contribution in [1.82, 2.24) is 19.2 Å². The molecule has 1 aromatic heterocycles. The average Bonchev–Trinajstić information content (AvgIpc) is 3.10. The van der Waals surface area contributed by atoms with Gasteiger partial charge in [-0.3, -0.25) is 4.79 Å². The number of benzene rings is 1. The minimum Gasteiger partial charge on any atom is -0.363 e. The van der Waals surface area contributed by atoms with Crippen LogP contribution in [0.2, 0.25) is 0 Å². The molecule has 1 atom stereocenters. The highest BCUT2D eigenvalue weighted by molar-refractivity contribution is 7.89. The monoisotopic (exact) mass is 431 g/mol. The van der Waals surface area contributed by atoms with Crippen LogP contribution in [-0.4, -0.2) is 67.2 Å². The Morgan fingerprint density at radius 2 is 1.80 bits per heavy atom. The minimum atomic E-state index is -3.65. The van der Waals surface area contributed by atoms with Gasteiger partial charge in [0.15, 0.2) is 0 Å². The van der Waals surface area contributed by atoms with Gasteiger partial charge in [0.25, 0.3) is 0 Å². The molecular weight excluding hydrogens is 402 g/mol. The molecule has 0 unspecified atom stereocenters. The molecule has 1 amide bonds. The molecule has 0 radical (unpaired) electrons. The van der Waals surface area contributed by atoms with Gasteiger partial charge in [-0.1, -0.05) is 18.2 Å². The van der Waals surface area contributed by atoms with E-state index in [1.54, 1.807) is 30.3 Å². The SMILES string of the molecule is CC(C)N1C[C@H](c2cc(N(C)C)nc(CN(C)S(=O)(=O)c3ccccc3)n2)CC1=O. The van der Waals surface area contributed by atoms with Gasteiger partial charge in [0.05, 0.1) is 17.1 Å². The van der Waals surface area contributed by atoms with Crippen molar-refractivity contribution in [3.8, 4) is 0 Å². The van der Waals surface area contributed by atoms with Crippen LogP contribution in [0.15, 0.2) is 41.3 Å². The summed E-state index contributed by atoms with van der Waals surface area (Å²) in [7, 11) is 1.62. The summed E-state index contributed by atoms with van der Waals surface area (Å²) in [4.78, 5) is 25.5. The first-order valence-electron chi connectivity index (χ1n) is 9.95. The Bertz CT molecular complexity index is 1010. The maximum Gasteiger partial charge on any atom is 0.243 e. The second-order valence-electron chi connectivity index (χ2n) is 8.08. The number of nitrogens with zero attached hydrogens (tertiary/aromatic N) is 5. The number of hydrogen-bond donors (Lipinski definition) is 0. The van der Waals surface area contributed by atoms with E-state index >= 15 is 0 Å². The van der Waals surface area contributed by atoms with E-state index in [4.69, 9.17) is 0 Å². The lowest BCUT2D eigenvalue weighted by atomic mass is 10.0. The Balaban J connectivity index is 1.89. The molecular formula is C21H29N5O3S. The predicted octanol–water partition coefficient (Wildman–Crippen LogP) is 2.09. The summed E-state index contributed by atoms with van der Waals surface area (Å²) in [6, 6.07) is 10.3. The number of sulfonamides is 1. The van der Waals surface area contributed by atoms with Gasteiger partial charge in [0.1, 0.15) is 11.6 Å². The summed E-state index contributed by atoms with van der Waals surface area (Å²) in [5, 5.41) is 0. The van der Waals surface area contributed by atoms with Crippen molar-refractivity contribution in [3.63, 3.8) is 0 Å². The molecule has 3 rings (SSSR count). The Hall–Kier alpha value is -2.52. The molecule has 0 saturated carbocycles. The zero-order valence-corrected chi connectivity index (χ0v) is 18.9. The van der Waals surface area contributed by atoms with E-state index in [2.05, 4.69) is 9.97 Å². The van der Waals surface area contributed by atoms with Crippen LogP contribution < -0.4 is 4.90 Å². The summed E-state index contributed by atoms with van der Waals surface area (Å²) in [6.45, 7) is 4.65. The molecule has 9 heteroatoms. The van der Waals surface area contributed by atoms with Crippen LogP contribution in [0.5, 0.6) is 0 Å². The molecule has 2 heterocycles. The number of likely N-dealkylation sites (tertiary alicyclic amines) is 1. The normalized spacial score (nSPS) is 17.2. The molecule has 162 valence electrons. The second-order valence-corrected chi connectivity index (χ2v) is 10.1. The summed E-state index contributed by atoms with van der Waals surface area (Å²) >= 11 is 0. The third-order valence-corrected chi connectivity index (χ3v) is 7.07. The van der Waals surface area contributed by atoms with Crippen molar-refractivity contribution in [2.45, 2.75) is 43.7 Å². The molecule has 1 fully saturated rings. The van der Waals surface area contributed by atoms with Crippen molar-refractivity contribution < 1.29 is 13.2 Å². The standard InChI is InChI=1S/C21H29N5O3S/c1-15(2)26-13-16(11-21(26)27)18-12-20(24(3)4)23-19(22-18)14-25(5)30(28,29)17-9-7-6-8-10-17/h6-10,12,15-16H,11,13-14H2,1-5H3/t16-/m1/s1. The van der Waals surface area contributed by atoms with E-state index < -0.39 is 10.0 Å². The van der Waals surface area contributed by atoms with E-state index in [9.17, 15) is 13.2 Å². The number of amides is 1. The van der Waals surface area contributed by atoms with Gasteiger partial charge in [0.2, 0.25) is 15.9 Å². The lowest BCUT2D eigenvalue weighted by Gasteiger charge is -2.22. The highest BCUT2D eigenvalue weighted by Gasteiger charge is 2.33. The quantitative estimate of drug-likeness (QED) is 0.667. The maximum atomic E-state index is 12.9.